The molecule has 5 atom stereocenters. The second-order valence-corrected chi connectivity index (χ2v) is 14.3. The van der Waals surface area contributed by atoms with Gasteiger partial charge in [-0.15, -0.1) is 0 Å². The Hall–Kier alpha value is -3.64. The average Bonchev–Trinajstić information content (AvgIpc) is 3.63. The highest BCUT2D eigenvalue weighted by atomic mass is 19.4. The molecule has 1 aliphatic heterocycles. The Kier molecular flexibility index (Phi) is 11.5. The lowest BCUT2D eigenvalue weighted by Crippen LogP contribution is -2.59. The average molecular weight is 679 g/mol. The minimum atomic E-state index is -4.82. The van der Waals surface area contributed by atoms with Crippen LogP contribution >= 0.6 is 0 Å². The number of ether oxygens (including phenoxy) is 2. The number of carbonyl (C=O) groups is 3. The number of unbranched alkanes of at least 4 members (excludes halogenated alkanes) is 2. The standard InChI is InChI=1S/C35H49F3N4O6/c1-7-22-17-19-42(28(22)21(2)43)31(45)29(33(3,4)5)41-32(46)48-34(35(36,37)38)18-11-13-23(34)12-9-8-10-14-26-30(44)40-27-20-24(47-6)15-16-25(27)39-26/h15-16,20,22-23,28-29H,7-14,17-19H2,1-6H3,(H,40,44)(H,41,46)/t22-,23-,28-,29-,34-/m1/s1. The largest absolute Gasteiger partial charge is 0.497 e. The van der Waals surface area contributed by atoms with Crippen molar-refractivity contribution < 1.29 is 37.0 Å². The highest BCUT2D eigenvalue weighted by Crippen LogP contribution is 2.51. The van der Waals surface area contributed by atoms with Crippen LogP contribution in [0.25, 0.3) is 11.0 Å². The van der Waals surface area contributed by atoms with Crippen molar-refractivity contribution in [2.45, 2.75) is 123 Å². The lowest BCUT2D eigenvalue weighted by molar-refractivity contribution is -0.271. The van der Waals surface area contributed by atoms with Gasteiger partial charge in [0.05, 0.1) is 24.2 Å². The second-order valence-electron chi connectivity index (χ2n) is 14.3. The van der Waals surface area contributed by atoms with Gasteiger partial charge in [-0.25, -0.2) is 9.78 Å². The number of amides is 2. The fraction of sp³-hybridized carbons (Fsp3) is 0.686. The number of nitrogens with one attached hydrogen (secondary N) is 2. The molecule has 2 N–H and O–H groups in total. The lowest BCUT2D eigenvalue weighted by Gasteiger charge is -2.39. The molecule has 266 valence electrons. The van der Waals surface area contributed by atoms with Crippen molar-refractivity contribution in [2.75, 3.05) is 13.7 Å². The van der Waals surface area contributed by atoms with Crippen molar-refractivity contribution in [3.63, 3.8) is 0 Å². The number of Topliss-reactive ketones (excluding diaryl/α,β-unsaturated/α-hetero) is 1. The van der Waals surface area contributed by atoms with Gasteiger partial charge in [-0.2, -0.15) is 13.2 Å². The van der Waals surface area contributed by atoms with Crippen LogP contribution in [0.2, 0.25) is 0 Å². The SMILES string of the molecule is CC[C@@H]1CCN(C(=O)[C@@H](NC(=O)O[C@]2(C(F)(F)F)CCC[C@H]2CCCCCc2nc3ccc(OC)cc3[nH]c2=O)C(C)(C)C)[C@@H]1C(C)=O. The molecule has 1 saturated carbocycles. The molecule has 2 amide bonds. The van der Waals surface area contributed by atoms with Gasteiger partial charge >= 0.3 is 12.3 Å². The fourth-order valence-corrected chi connectivity index (χ4v) is 7.46. The maximum atomic E-state index is 14.8. The summed E-state index contributed by atoms with van der Waals surface area (Å²) in [6.07, 6.45) is -2.54. The number of benzene rings is 1. The van der Waals surface area contributed by atoms with Crippen LogP contribution in [0.3, 0.4) is 0 Å². The summed E-state index contributed by atoms with van der Waals surface area (Å²) in [6.45, 7) is 8.84. The van der Waals surface area contributed by atoms with Gasteiger partial charge in [0.2, 0.25) is 11.5 Å². The number of nitrogens with zero attached hydrogens (tertiary/aromatic N) is 2. The lowest BCUT2D eigenvalue weighted by atomic mass is 9.85. The van der Waals surface area contributed by atoms with E-state index in [1.54, 1.807) is 39.0 Å². The van der Waals surface area contributed by atoms with E-state index >= 15 is 0 Å². The van der Waals surface area contributed by atoms with Gasteiger partial charge < -0.3 is 24.7 Å². The van der Waals surface area contributed by atoms with Gasteiger partial charge in [-0.1, -0.05) is 47.0 Å². The van der Waals surface area contributed by atoms with E-state index in [4.69, 9.17) is 9.47 Å². The van der Waals surface area contributed by atoms with Crippen LogP contribution in [0.1, 0.15) is 98.1 Å². The number of alkyl carbamates (subject to hydrolysis) is 1. The van der Waals surface area contributed by atoms with Gasteiger partial charge in [0.1, 0.15) is 17.5 Å². The van der Waals surface area contributed by atoms with E-state index in [2.05, 4.69) is 15.3 Å². The number of methoxy groups -OCH3 is 1. The molecular weight excluding hydrogens is 629 g/mol. The number of alkyl halides is 3. The highest BCUT2D eigenvalue weighted by molar-refractivity contribution is 5.92. The van der Waals surface area contributed by atoms with E-state index in [1.807, 2.05) is 6.92 Å². The number of hydrogen-bond donors (Lipinski definition) is 2. The van der Waals surface area contributed by atoms with E-state index in [1.165, 1.54) is 18.9 Å². The number of halogens is 3. The van der Waals surface area contributed by atoms with Gasteiger partial charge in [0, 0.05) is 18.5 Å². The molecule has 0 spiro atoms. The maximum Gasteiger partial charge on any atom is 0.428 e. The van der Waals surface area contributed by atoms with Crippen LogP contribution in [-0.4, -0.2) is 70.2 Å². The number of rotatable bonds is 12. The highest BCUT2D eigenvalue weighted by Gasteiger charge is 2.64. The van der Waals surface area contributed by atoms with E-state index < -0.39 is 47.2 Å². The van der Waals surface area contributed by atoms with E-state index in [0.29, 0.717) is 67.5 Å². The van der Waals surface area contributed by atoms with Crippen LogP contribution < -0.4 is 15.6 Å². The van der Waals surface area contributed by atoms with Crippen molar-refractivity contribution in [2.24, 2.45) is 17.3 Å². The number of carbonyl (C=O) groups excluding carboxylic acids is 3. The maximum absolute atomic E-state index is 14.8. The zero-order valence-corrected chi connectivity index (χ0v) is 28.8. The van der Waals surface area contributed by atoms with Crippen molar-refractivity contribution >= 4 is 28.8 Å². The van der Waals surface area contributed by atoms with E-state index in [-0.39, 0.29) is 42.9 Å². The van der Waals surface area contributed by atoms with Gasteiger partial charge in [-0.05, 0) is 75.3 Å². The van der Waals surface area contributed by atoms with Crippen molar-refractivity contribution in [3.8, 4) is 5.75 Å². The van der Waals surface area contributed by atoms with Crippen LogP contribution in [0.5, 0.6) is 5.75 Å². The molecular formula is C35H49F3N4O6. The first-order valence-electron chi connectivity index (χ1n) is 17.0. The molecule has 2 fully saturated rings. The Balaban J connectivity index is 1.40. The predicted octanol–water partition coefficient (Wildman–Crippen LogP) is 6.49. The summed E-state index contributed by atoms with van der Waals surface area (Å²) in [4.78, 5) is 60.8. The summed E-state index contributed by atoms with van der Waals surface area (Å²) < 4.78 is 54.8. The third-order valence-electron chi connectivity index (χ3n) is 10.1. The minimum absolute atomic E-state index is 0.0130. The van der Waals surface area contributed by atoms with E-state index in [0.717, 1.165) is 0 Å². The first-order chi connectivity index (χ1) is 22.5. The predicted molar refractivity (Wildman–Crippen MR) is 175 cm³/mol. The molecule has 4 rings (SSSR count). The molecule has 0 unspecified atom stereocenters. The number of ketones is 1. The van der Waals surface area contributed by atoms with Crippen LogP contribution in [0.15, 0.2) is 23.0 Å². The summed E-state index contributed by atoms with van der Waals surface area (Å²) >= 11 is 0. The molecule has 2 heterocycles. The van der Waals surface area contributed by atoms with Crippen LogP contribution in [0, 0.1) is 17.3 Å². The zero-order valence-electron chi connectivity index (χ0n) is 28.8. The monoisotopic (exact) mass is 678 g/mol. The molecule has 1 aromatic carbocycles. The van der Waals surface area contributed by atoms with Crippen molar-refractivity contribution in [1.29, 1.82) is 0 Å². The third kappa shape index (κ3) is 7.97. The molecule has 1 aromatic heterocycles. The number of fused-ring (bicyclic) bond motifs is 1. The molecule has 1 aliphatic carbocycles. The molecule has 2 aliphatic rings. The van der Waals surface area contributed by atoms with Gasteiger partial charge in [0.25, 0.3) is 5.56 Å². The van der Waals surface area contributed by atoms with Crippen LogP contribution in [0.4, 0.5) is 18.0 Å². The summed E-state index contributed by atoms with van der Waals surface area (Å²) in [5.74, 6) is -1.03. The Morgan fingerprint density at radius 2 is 1.88 bits per heavy atom. The Labute approximate surface area is 279 Å². The molecule has 1 saturated heterocycles. The van der Waals surface area contributed by atoms with E-state index in [9.17, 15) is 32.3 Å². The molecule has 2 aromatic rings. The topological polar surface area (TPSA) is 131 Å². The minimum Gasteiger partial charge on any atom is -0.497 e. The Morgan fingerprint density at radius 3 is 2.50 bits per heavy atom. The summed E-state index contributed by atoms with van der Waals surface area (Å²) in [7, 11) is 1.53. The Morgan fingerprint density at radius 1 is 1.15 bits per heavy atom. The second kappa shape index (κ2) is 14.9. The first kappa shape index (κ1) is 37.2. The molecule has 13 heteroatoms. The third-order valence-corrected chi connectivity index (χ3v) is 10.1. The zero-order chi connectivity index (χ0) is 35.4. The molecule has 48 heavy (non-hydrogen) atoms. The smallest absolute Gasteiger partial charge is 0.428 e. The van der Waals surface area contributed by atoms with Crippen molar-refractivity contribution in [3.05, 3.63) is 34.2 Å². The number of hydrogen-bond acceptors (Lipinski definition) is 7. The van der Waals surface area contributed by atoms with Crippen molar-refractivity contribution in [1.82, 2.24) is 20.2 Å². The fourth-order valence-electron chi connectivity index (χ4n) is 7.46. The van der Waals surface area contributed by atoms with Crippen LogP contribution in [-0.2, 0) is 20.7 Å². The normalized spacial score (nSPS) is 23.7. The quantitative estimate of drug-likeness (QED) is 0.245. The molecule has 10 nitrogen and oxygen atoms in total. The van der Waals surface area contributed by atoms with Gasteiger partial charge in [0.15, 0.2) is 5.78 Å². The number of aromatic nitrogens is 2. The number of H-pyrrole nitrogens is 1. The summed E-state index contributed by atoms with van der Waals surface area (Å²) in [6, 6.07) is 3.35. The number of aryl methyl sites for hydroxylation is 1. The summed E-state index contributed by atoms with van der Waals surface area (Å²) in [5.41, 5.74) is -2.34. The number of likely N-dealkylation sites (tertiary alicyclic amines) is 1. The first-order valence-corrected chi connectivity index (χ1v) is 17.0. The number of aromatic amines is 1. The van der Waals surface area contributed by atoms with Gasteiger partial charge in [-0.3, -0.25) is 14.4 Å². The molecule has 0 radical (unpaired) electrons. The summed E-state index contributed by atoms with van der Waals surface area (Å²) in [5, 5.41) is 2.48. The molecule has 0 bridgehead atoms. The Bertz CT molecular complexity index is 1540.